The van der Waals surface area contributed by atoms with E-state index in [1.165, 1.54) is 5.56 Å². The summed E-state index contributed by atoms with van der Waals surface area (Å²) in [5, 5.41) is 2.91. The van der Waals surface area contributed by atoms with Gasteiger partial charge in [-0.05, 0) is 5.56 Å². The number of hydrogen-bond acceptors (Lipinski definition) is 5. The molecule has 3 rings (SSSR count). The smallest absolute Gasteiger partial charge is 0.238 e. The van der Waals surface area contributed by atoms with Crippen molar-refractivity contribution < 1.29 is 14.3 Å². The van der Waals surface area contributed by atoms with Crippen LogP contribution < -0.4 is 20.5 Å². The summed E-state index contributed by atoms with van der Waals surface area (Å²) in [6.45, 7) is 1.78. The molecule has 0 aliphatic carbocycles. The fourth-order valence-corrected chi connectivity index (χ4v) is 3.38. The van der Waals surface area contributed by atoms with Crippen LogP contribution in [0.15, 0.2) is 48.5 Å². The van der Waals surface area contributed by atoms with Gasteiger partial charge >= 0.3 is 0 Å². The Morgan fingerprint density at radius 2 is 1.74 bits per heavy atom. The minimum Gasteiger partial charge on any atom is -0.497 e. The number of benzene rings is 2. The number of likely N-dealkylation sites (tertiary alicyclic amines) is 1. The Morgan fingerprint density at radius 3 is 2.33 bits per heavy atom. The number of rotatable bonds is 6. The van der Waals surface area contributed by atoms with Gasteiger partial charge in [0, 0.05) is 48.9 Å². The van der Waals surface area contributed by atoms with Gasteiger partial charge in [0.2, 0.25) is 5.91 Å². The molecule has 0 bridgehead atoms. The van der Waals surface area contributed by atoms with E-state index in [1.807, 2.05) is 18.2 Å². The average molecular weight is 392 g/mol. The molecular weight excluding hydrogens is 366 g/mol. The van der Waals surface area contributed by atoms with Crippen LogP contribution in [0.4, 0.5) is 5.69 Å². The molecule has 0 radical (unpaired) electrons. The first-order valence-electron chi connectivity index (χ1n) is 8.65. The maximum absolute atomic E-state index is 12.4. The Morgan fingerprint density at radius 1 is 1.11 bits per heavy atom. The van der Waals surface area contributed by atoms with E-state index in [-0.39, 0.29) is 30.3 Å². The third kappa shape index (κ3) is 5.35. The number of carbonyl (C=O) groups is 1. The standard InChI is InChI=1S/C20H25N3O3.ClH/c1-25-16-8-15(9-17(10-16)26-2)22-20(24)13-23-11-18(19(21)12-23)14-6-4-3-5-7-14;/h3-10,18-19H,11-13,21H2,1-2H3,(H,22,24);1H/t18-,19+;/m0./s1. The highest BCUT2D eigenvalue weighted by Crippen LogP contribution is 2.27. The van der Waals surface area contributed by atoms with E-state index in [2.05, 4.69) is 22.3 Å². The molecule has 0 unspecified atom stereocenters. The monoisotopic (exact) mass is 391 g/mol. The van der Waals surface area contributed by atoms with Crippen LogP contribution >= 0.6 is 12.4 Å². The molecule has 1 aliphatic rings. The van der Waals surface area contributed by atoms with Gasteiger partial charge in [0.25, 0.3) is 0 Å². The predicted molar refractivity (Wildman–Crippen MR) is 109 cm³/mol. The number of nitrogens with one attached hydrogen (secondary N) is 1. The van der Waals surface area contributed by atoms with Gasteiger partial charge in [-0.1, -0.05) is 30.3 Å². The molecule has 2 aromatic rings. The Balaban J connectivity index is 0.00000261. The maximum Gasteiger partial charge on any atom is 0.238 e. The van der Waals surface area contributed by atoms with Gasteiger partial charge in [0.05, 0.1) is 20.8 Å². The number of halogens is 1. The Bertz CT molecular complexity index is 735. The molecule has 0 saturated carbocycles. The van der Waals surface area contributed by atoms with Crippen LogP contribution in [0.5, 0.6) is 11.5 Å². The van der Waals surface area contributed by atoms with Crippen LogP contribution in [0.2, 0.25) is 0 Å². The molecule has 6 nitrogen and oxygen atoms in total. The largest absolute Gasteiger partial charge is 0.497 e. The zero-order valence-electron chi connectivity index (χ0n) is 15.6. The lowest BCUT2D eigenvalue weighted by atomic mass is 9.95. The topological polar surface area (TPSA) is 76.8 Å². The lowest BCUT2D eigenvalue weighted by Crippen LogP contribution is -2.33. The second-order valence-corrected chi connectivity index (χ2v) is 6.52. The maximum atomic E-state index is 12.4. The fraction of sp³-hybridized carbons (Fsp3) is 0.350. The number of anilines is 1. The lowest BCUT2D eigenvalue weighted by Gasteiger charge is -2.16. The van der Waals surface area contributed by atoms with Crippen LogP contribution in [0.1, 0.15) is 11.5 Å². The molecular formula is C20H26ClN3O3. The summed E-state index contributed by atoms with van der Waals surface area (Å²) in [6.07, 6.45) is 0. The lowest BCUT2D eigenvalue weighted by molar-refractivity contribution is -0.117. The molecule has 0 aromatic heterocycles. The second-order valence-electron chi connectivity index (χ2n) is 6.52. The average Bonchev–Trinajstić information content (AvgIpc) is 3.01. The molecule has 7 heteroatoms. The highest BCUT2D eigenvalue weighted by Gasteiger charge is 2.32. The van der Waals surface area contributed by atoms with E-state index in [4.69, 9.17) is 15.2 Å². The molecule has 1 aliphatic heterocycles. The summed E-state index contributed by atoms with van der Waals surface area (Å²) >= 11 is 0. The summed E-state index contributed by atoms with van der Waals surface area (Å²) in [6, 6.07) is 15.6. The Hall–Kier alpha value is -2.28. The number of nitrogens with two attached hydrogens (primary N) is 1. The van der Waals surface area contributed by atoms with Crippen molar-refractivity contribution in [2.24, 2.45) is 5.73 Å². The van der Waals surface area contributed by atoms with Gasteiger partial charge in [0.1, 0.15) is 11.5 Å². The molecule has 1 fully saturated rings. The van der Waals surface area contributed by atoms with Crippen molar-refractivity contribution in [2.75, 3.05) is 39.2 Å². The quantitative estimate of drug-likeness (QED) is 0.791. The summed E-state index contributed by atoms with van der Waals surface area (Å²) in [4.78, 5) is 14.5. The Kier molecular flexibility index (Phi) is 7.47. The molecule has 2 atom stereocenters. The first kappa shape index (κ1) is 21.0. The number of methoxy groups -OCH3 is 2. The summed E-state index contributed by atoms with van der Waals surface area (Å²) in [5.41, 5.74) is 8.17. The number of nitrogens with zero attached hydrogens (tertiary/aromatic N) is 1. The van der Waals surface area contributed by atoms with Crippen molar-refractivity contribution >= 4 is 24.0 Å². The van der Waals surface area contributed by atoms with Crippen LogP contribution in [0, 0.1) is 0 Å². The third-order valence-corrected chi connectivity index (χ3v) is 4.67. The normalized spacial score (nSPS) is 19.2. The van der Waals surface area contributed by atoms with E-state index in [0.717, 1.165) is 6.54 Å². The molecule has 1 saturated heterocycles. The molecule has 2 aromatic carbocycles. The molecule has 1 heterocycles. The highest BCUT2D eigenvalue weighted by atomic mass is 35.5. The molecule has 3 N–H and O–H groups in total. The van der Waals surface area contributed by atoms with Gasteiger partial charge in [-0.3, -0.25) is 9.69 Å². The van der Waals surface area contributed by atoms with Crippen LogP contribution in [-0.2, 0) is 4.79 Å². The number of ether oxygens (including phenoxy) is 2. The first-order chi connectivity index (χ1) is 12.6. The van der Waals surface area contributed by atoms with Crippen LogP contribution in [0.25, 0.3) is 0 Å². The molecule has 1 amide bonds. The zero-order valence-corrected chi connectivity index (χ0v) is 16.4. The van der Waals surface area contributed by atoms with E-state index in [1.54, 1.807) is 32.4 Å². The van der Waals surface area contributed by atoms with Crippen molar-refractivity contribution in [1.29, 1.82) is 0 Å². The number of carbonyl (C=O) groups excluding carboxylic acids is 1. The first-order valence-corrected chi connectivity index (χ1v) is 8.65. The molecule has 146 valence electrons. The van der Waals surface area contributed by atoms with Gasteiger partial charge in [-0.25, -0.2) is 0 Å². The fourth-order valence-electron chi connectivity index (χ4n) is 3.38. The summed E-state index contributed by atoms with van der Waals surface area (Å²) in [5.74, 6) is 1.43. The van der Waals surface area contributed by atoms with Crippen molar-refractivity contribution in [1.82, 2.24) is 4.90 Å². The van der Waals surface area contributed by atoms with E-state index in [9.17, 15) is 4.79 Å². The minimum atomic E-state index is -0.0822. The second kappa shape index (κ2) is 9.60. The summed E-state index contributed by atoms with van der Waals surface area (Å²) < 4.78 is 10.5. The van der Waals surface area contributed by atoms with Crippen molar-refractivity contribution in [3.63, 3.8) is 0 Å². The highest BCUT2D eigenvalue weighted by molar-refractivity contribution is 5.92. The minimum absolute atomic E-state index is 0. The van der Waals surface area contributed by atoms with Crippen LogP contribution in [0.3, 0.4) is 0 Å². The molecule has 0 spiro atoms. The van der Waals surface area contributed by atoms with Gasteiger partial charge < -0.3 is 20.5 Å². The number of amides is 1. The summed E-state index contributed by atoms with van der Waals surface area (Å²) in [7, 11) is 3.16. The van der Waals surface area contributed by atoms with Gasteiger partial charge in [0.15, 0.2) is 0 Å². The van der Waals surface area contributed by atoms with E-state index in [0.29, 0.717) is 30.3 Å². The molecule has 27 heavy (non-hydrogen) atoms. The van der Waals surface area contributed by atoms with Gasteiger partial charge in [-0.15, -0.1) is 12.4 Å². The van der Waals surface area contributed by atoms with E-state index < -0.39 is 0 Å². The third-order valence-electron chi connectivity index (χ3n) is 4.67. The zero-order chi connectivity index (χ0) is 18.5. The number of hydrogen-bond donors (Lipinski definition) is 2. The van der Waals surface area contributed by atoms with Crippen molar-refractivity contribution in [2.45, 2.75) is 12.0 Å². The van der Waals surface area contributed by atoms with Crippen LogP contribution in [-0.4, -0.2) is 50.7 Å². The van der Waals surface area contributed by atoms with E-state index >= 15 is 0 Å². The predicted octanol–water partition coefficient (Wildman–Crippen LogP) is 2.49. The van der Waals surface area contributed by atoms with Crippen molar-refractivity contribution in [3.8, 4) is 11.5 Å². The SMILES string of the molecule is COc1cc(NC(=O)CN2C[C@@H](N)[C@H](c3ccccc3)C2)cc(OC)c1.Cl. The van der Waals surface area contributed by atoms with Crippen molar-refractivity contribution in [3.05, 3.63) is 54.1 Å². The van der Waals surface area contributed by atoms with Gasteiger partial charge in [-0.2, -0.15) is 0 Å². The Labute approximate surface area is 166 Å².